The van der Waals surface area contributed by atoms with Gasteiger partial charge < -0.3 is 10.1 Å². The summed E-state index contributed by atoms with van der Waals surface area (Å²) >= 11 is 0. The lowest BCUT2D eigenvalue weighted by atomic mass is 9.65. The number of anilines is 1. The van der Waals surface area contributed by atoms with Gasteiger partial charge in [-0.15, -0.1) is 0 Å². The molecule has 3 rings (SSSR count). The van der Waals surface area contributed by atoms with Crippen molar-refractivity contribution in [1.29, 1.82) is 0 Å². The van der Waals surface area contributed by atoms with Gasteiger partial charge in [-0.1, -0.05) is 27.7 Å². The van der Waals surface area contributed by atoms with Crippen LogP contribution in [0.25, 0.3) is 0 Å². The summed E-state index contributed by atoms with van der Waals surface area (Å²) in [4.78, 5) is 14.6. The van der Waals surface area contributed by atoms with Gasteiger partial charge in [0.1, 0.15) is 5.75 Å². The Morgan fingerprint density at radius 3 is 2.29 bits per heavy atom. The van der Waals surface area contributed by atoms with Gasteiger partial charge in [0.05, 0.1) is 12.3 Å². The first-order chi connectivity index (χ1) is 15.8. The number of amides is 1. The van der Waals surface area contributed by atoms with Crippen molar-refractivity contribution in [1.82, 2.24) is 9.21 Å². The number of hydrogen-bond donors (Lipinski definition) is 1. The number of benzene rings is 1. The van der Waals surface area contributed by atoms with Crippen molar-refractivity contribution >= 4 is 21.6 Å². The fraction of sp³-hybridized carbons (Fsp3) is 0.708. The minimum Gasteiger partial charge on any atom is -0.435 e. The van der Waals surface area contributed by atoms with E-state index in [0.717, 1.165) is 32.4 Å². The summed E-state index contributed by atoms with van der Waals surface area (Å²) in [7, 11) is -3.30. The number of rotatable bonds is 8. The van der Waals surface area contributed by atoms with Crippen LogP contribution in [-0.2, 0) is 14.8 Å². The summed E-state index contributed by atoms with van der Waals surface area (Å²) < 4.78 is 56.5. The maximum atomic E-state index is 13.0. The van der Waals surface area contributed by atoms with Crippen LogP contribution < -0.4 is 10.1 Å². The van der Waals surface area contributed by atoms with Crippen LogP contribution in [0.3, 0.4) is 0 Å². The number of ether oxygens (including phenoxy) is 1. The van der Waals surface area contributed by atoms with E-state index in [0.29, 0.717) is 18.8 Å². The number of hydrogen-bond acceptors (Lipinski definition) is 5. The van der Waals surface area contributed by atoms with Crippen LogP contribution in [-0.4, -0.2) is 68.6 Å². The summed E-state index contributed by atoms with van der Waals surface area (Å²) in [6, 6.07) is 5.82. The number of alkyl halides is 2. The topological polar surface area (TPSA) is 79.0 Å². The molecule has 34 heavy (non-hydrogen) atoms. The molecule has 0 unspecified atom stereocenters. The van der Waals surface area contributed by atoms with Crippen molar-refractivity contribution in [3.05, 3.63) is 24.3 Å². The highest BCUT2D eigenvalue weighted by Gasteiger charge is 2.47. The van der Waals surface area contributed by atoms with E-state index in [2.05, 4.69) is 28.8 Å². The molecule has 0 bridgehead atoms. The van der Waals surface area contributed by atoms with Crippen LogP contribution in [0.15, 0.2) is 24.3 Å². The zero-order valence-corrected chi connectivity index (χ0v) is 21.3. The number of likely N-dealkylation sites (tertiary alicyclic amines) is 1. The molecule has 1 spiro atoms. The third kappa shape index (κ3) is 7.36. The molecule has 2 aliphatic heterocycles. The molecule has 0 atom stereocenters. The molecule has 1 aromatic carbocycles. The zero-order chi connectivity index (χ0) is 25.1. The summed E-state index contributed by atoms with van der Waals surface area (Å²) in [5, 5.41) is 2.79. The average Bonchev–Trinajstić information content (AvgIpc) is 2.69. The molecule has 2 aliphatic rings. The number of halogens is 2. The SMILES string of the molecule is CC(C)CS(=O)(=O)N1CC(C)(C)CC2(CCN(CC(=O)Nc3ccc(OC(F)F)cc3)CC2)C1. The van der Waals surface area contributed by atoms with Crippen molar-refractivity contribution in [2.75, 3.05) is 43.8 Å². The Balaban J connectivity index is 1.55. The van der Waals surface area contributed by atoms with Crippen LogP contribution in [0.2, 0.25) is 0 Å². The van der Waals surface area contributed by atoms with E-state index in [1.807, 2.05) is 13.8 Å². The summed E-state index contributed by atoms with van der Waals surface area (Å²) in [6.45, 7) is 8.03. The van der Waals surface area contributed by atoms with Gasteiger partial charge in [0.15, 0.2) is 0 Å². The van der Waals surface area contributed by atoms with E-state index in [4.69, 9.17) is 0 Å². The van der Waals surface area contributed by atoms with Crippen LogP contribution in [0.5, 0.6) is 5.75 Å². The molecule has 0 radical (unpaired) electrons. The quantitative estimate of drug-likeness (QED) is 0.582. The molecule has 1 aromatic rings. The Hall–Kier alpha value is -1.78. The van der Waals surface area contributed by atoms with Gasteiger partial charge in [0.2, 0.25) is 15.9 Å². The molecule has 2 heterocycles. The number of carbonyl (C=O) groups excluding carboxylic acids is 1. The number of piperidine rings is 2. The molecule has 2 saturated heterocycles. The van der Waals surface area contributed by atoms with Crippen molar-refractivity contribution in [2.24, 2.45) is 16.7 Å². The predicted molar refractivity (Wildman–Crippen MR) is 128 cm³/mol. The van der Waals surface area contributed by atoms with E-state index in [9.17, 15) is 22.0 Å². The van der Waals surface area contributed by atoms with E-state index in [-0.39, 0.29) is 40.7 Å². The number of sulfonamides is 1. The molecule has 0 aliphatic carbocycles. The van der Waals surface area contributed by atoms with Gasteiger partial charge in [-0.25, -0.2) is 12.7 Å². The second-order valence-electron chi connectivity index (χ2n) is 11.0. The molecule has 0 aromatic heterocycles. The Morgan fingerprint density at radius 1 is 1.12 bits per heavy atom. The lowest BCUT2D eigenvalue weighted by Crippen LogP contribution is -2.56. The molecular weight excluding hydrogens is 464 g/mol. The first-order valence-electron chi connectivity index (χ1n) is 11.8. The Morgan fingerprint density at radius 2 is 1.74 bits per heavy atom. The van der Waals surface area contributed by atoms with Crippen molar-refractivity contribution in [3.8, 4) is 5.75 Å². The zero-order valence-electron chi connectivity index (χ0n) is 20.5. The predicted octanol–water partition coefficient (Wildman–Crippen LogP) is 4.03. The smallest absolute Gasteiger partial charge is 0.387 e. The highest BCUT2D eigenvalue weighted by Crippen LogP contribution is 2.47. The van der Waals surface area contributed by atoms with Gasteiger partial charge in [0, 0.05) is 18.8 Å². The summed E-state index contributed by atoms with van der Waals surface area (Å²) in [5.41, 5.74) is 0.349. The molecule has 192 valence electrons. The van der Waals surface area contributed by atoms with Crippen LogP contribution in [0.4, 0.5) is 14.5 Å². The Labute approximate surface area is 201 Å². The molecular formula is C24H37F2N3O4S. The largest absolute Gasteiger partial charge is 0.435 e. The van der Waals surface area contributed by atoms with Gasteiger partial charge >= 0.3 is 6.61 Å². The lowest BCUT2D eigenvalue weighted by molar-refractivity contribution is -0.118. The second kappa shape index (κ2) is 10.5. The van der Waals surface area contributed by atoms with Crippen molar-refractivity contribution < 1.29 is 26.7 Å². The van der Waals surface area contributed by atoms with E-state index in [1.54, 1.807) is 4.31 Å². The van der Waals surface area contributed by atoms with Crippen LogP contribution in [0.1, 0.15) is 47.0 Å². The first-order valence-corrected chi connectivity index (χ1v) is 13.4. The van der Waals surface area contributed by atoms with Gasteiger partial charge in [-0.05, 0) is 73.4 Å². The molecule has 2 fully saturated rings. The molecule has 1 amide bonds. The van der Waals surface area contributed by atoms with E-state index >= 15 is 0 Å². The molecule has 1 N–H and O–H groups in total. The summed E-state index contributed by atoms with van der Waals surface area (Å²) in [5.74, 6) is 0.109. The highest BCUT2D eigenvalue weighted by molar-refractivity contribution is 7.89. The number of nitrogens with zero attached hydrogens (tertiary/aromatic N) is 2. The fourth-order valence-electron chi connectivity index (χ4n) is 5.40. The first kappa shape index (κ1) is 26.8. The summed E-state index contributed by atoms with van der Waals surface area (Å²) in [6.07, 6.45) is 2.66. The minimum absolute atomic E-state index is 0.0363. The van der Waals surface area contributed by atoms with Gasteiger partial charge in [-0.2, -0.15) is 8.78 Å². The maximum Gasteiger partial charge on any atom is 0.387 e. The molecule has 0 saturated carbocycles. The maximum absolute atomic E-state index is 13.0. The standard InChI is InChI=1S/C24H37F2N3O4S/c1-18(2)14-34(31,32)29-16-23(3,4)15-24(17-29)9-11-28(12-10-24)13-21(30)27-19-5-7-20(8-6-19)33-22(25)26/h5-8,18,22H,9-17H2,1-4H3,(H,27,30). The monoisotopic (exact) mass is 501 g/mol. The van der Waals surface area contributed by atoms with Crippen LogP contribution in [0, 0.1) is 16.7 Å². The third-order valence-corrected chi connectivity index (χ3v) is 8.69. The van der Waals surface area contributed by atoms with E-state index < -0.39 is 16.6 Å². The van der Waals surface area contributed by atoms with Gasteiger partial charge in [-0.3, -0.25) is 9.69 Å². The molecule has 7 nitrogen and oxygen atoms in total. The fourth-order valence-corrected chi connectivity index (χ4v) is 7.47. The third-order valence-electron chi connectivity index (χ3n) is 6.55. The molecule has 10 heteroatoms. The van der Waals surface area contributed by atoms with E-state index in [1.165, 1.54) is 24.3 Å². The number of carbonyl (C=O) groups is 1. The minimum atomic E-state index is -3.30. The second-order valence-corrected chi connectivity index (χ2v) is 13.0. The lowest BCUT2D eigenvalue weighted by Gasteiger charge is -2.52. The average molecular weight is 502 g/mol. The highest BCUT2D eigenvalue weighted by atomic mass is 32.2. The van der Waals surface area contributed by atoms with Crippen LogP contribution >= 0.6 is 0 Å². The Bertz CT molecular complexity index is 943. The van der Waals surface area contributed by atoms with Crippen molar-refractivity contribution in [2.45, 2.75) is 53.6 Å². The Kier molecular flexibility index (Phi) is 8.25. The van der Waals surface area contributed by atoms with Crippen molar-refractivity contribution in [3.63, 3.8) is 0 Å². The normalized spacial score (nSPS) is 21.2. The number of nitrogens with one attached hydrogen (secondary N) is 1. The van der Waals surface area contributed by atoms with Gasteiger partial charge in [0.25, 0.3) is 0 Å².